The Kier molecular flexibility index (Phi) is 6.39. The maximum absolute atomic E-state index is 12.5. The maximum Gasteiger partial charge on any atom is 0.338 e. The van der Waals surface area contributed by atoms with Crippen molar-refractivity contribution in [3.8, 4) is 5.75 Å². The lowest BCUT2D eigenvalue weighted by molar-refractivity contribution is -0.122. The van der Waals surface area contributed by atoms with Gasteiger partial charge in [0.2, 0.25) is 0 Å². The van der Waals surface area contributed by atoms with E-state index in [9.17, 15) is 9.59 Å². The van der Waals surface area contributed by atoms with Crippen LogP contribution in [0.2, 0.25) is 0 Å². The number of hydrogen-bond acceptors (Lipinski definition) is 4. The molecule has 1 unspecified atom stereocenters. The first-order valence-corrected chi connectivity index (χ1v) is 8.64. The van der Waals surface area contributed by atoms with Crippen LogP contribution in [0.3, 0.4) is 0 Å². The second-order valence-corrected chi connectivity index (χ2v) is 6.25. The van der Waals surface area contributed by atoms with E-state index in [0.717, 1.165) is 11.1 Å². The molecular formula is C21H25NO4. The number of amides is 1. The number of ether oxygens (including phenoxy) is 2. The number of carbonyl (C=O) groups is 2. The van der Waals surface area contributed by atoms with Crippen LogP contribution >= 0.6 is 0 Å². The average Bonchev–Trinajstić information content (AvgIpc) is 2.60. The SMILES string of the molecule is CCOC(=O)c1ccc(C)c(NC(=O)C(C)Oc2ccc(C)c(C)c2)c1. The van der Waals surface area contributed by atoms with Crippen molar-refractivity contribution in [3.63, 3.8) is 0 Å². The van der Waals surface area contributed by atoms with Gasteiger partial charge in [-0.3, -0.25) is 4.79 Å². The summed E-state index contributed by atoms with van der Waals surface area (Å²) >= 11 is 0. The molecule has 2 aromatic rings. The summed E-state index contributed by atoms with van der Waals surface area (Å²) in [6.45, 7) is 9.62. The number of aryl methyl sites for hydroxylation is 3. The van der Waals surface area contributed by atoms with Gasteiger partial charge in [0.05, 0.1) is 12.2 Å². The van der Waals surface area contributed by atoms with Crippen LogP contribution in [-0.4, -0.2) is 24.6 Å². The van der Waals surface area contributed by atoms with Crippen molar-refractivity contribution >= 4 is 17.6 Å². The Morgan fingerprint density at radius 1 is 1.00 bits per heavy atom. The molecule has 0 aliphatic rings. The zero-order chi connectivity index (χ0) is 19.3. The van der Waals surface area contributed by atoms with Crippen molar-refractivity contribution in [2.24, 2.45) is 0 Å². The second kappa shape index (κ2) is 8.52. The van der Waals surface area contributed by atoms with Gasteiger partial charge < -0.3 is 14.8 Å². The molecule has 26 heavy (non-hydrogen) atoms. The van der Waals surface area contributed by atoms with Crippen LogP contribution in [0, 0.1) is 20.8 Å². The number of hydrogen-bond donors (Lipinski definition) is 1. The normalized spacial score (nSPS) is 11.6. The molecule has 1 N–H and O–H groups in total. The van der Waals surface area contributed by atoms with Crippen molar-refractivity contribution < 1.29 is 19.1 Å². The van der Waals surface area contributed by atoms with Gasteiger partial charge in [-0.05, 0) is 75.6 Å². The Labute approximate surface area is 154 Å². The van der Waals surface area contributed by atoms with E-state index in [0.29, 0.717) is 23.6 Å². The van der Waals surface area contributed by atoms with Crippen molar-refractivity contribution in [2.45, 2.75) is 40.7 Å². The second-order valence-electron chi connectivity index (χ2n) is 6.25. The summed E-state index contributed by atoms with van der Waals surface area (Å²) < 4.78 is 10.7. The zero-order valence-corrected chi connectivity index (χ0v) is 15.9. The molecule has 0 aliphatic carbocycles. The Morgan fingerprint density at radius 2 is 1.69 bits per heavy atom. The quantitative estimate of drug-likeness (QED) is 0.789. The highest BCUT2D eigenvalue weighted by Crippen LogP contribution is 2.20. The molecule has 0 fully saturated rings. The van der Waals surface area contributed by atoms with Crippen LogP contribution in [0.5, 0.6) is 5.75 Å². The fraction of sp³-hybridized carbons (Fsp3) is 0.333. The number of esters is 1. The van der Waals surface area contributed by atoms with E-state index >= 15 is 0 Å². The van der Waals surface area contributed by atoms with Crippen LogP contribution in [0.1, 0.15) is 40.9 Å². The Morgan fingerprint density at radius 3 is 2.35 bits per heavy atom. The molecule has 0 aliphatic heterocycles. The molecule has 0 aromatic heterocycles. The predicted molar refractivity (Wildman–Crippen MR) is 102 cm³/mol. The van der Waals surface area contributed by atoms with Gasteiger partial charge in [0.15, 0.2) is 6.10 Å². The first-order valence-electron chi connectivity index (χ1n) is 8.64. The van der Waals surface area contributed by atoms with Gasteiger partial charge in [-0.2, -0.15) is 0 Å². The Bertz CT molecular complexity index is 814. The van der Waals surface area contributed by atoms with Crippen molar-refractivity contribution in [1.82, 2.24) is 0 Å². The van der Waals surface area contributed by atoms with Crippen LogP contribution in [0.15, 0.2) is 36.4 Å². The van der Waals surface area contributed by atoms with Crippen LogP contribution < -0.4 is 10.1 Å². The maximum atomic E-state index is 12.5. The molecule has 0 heterocycles. The lowest BCUT2D eigenvalue weighted by Gasteiger charge is -2.17. The van der Waals surface area contributed by atoms with Gasteiger partial charge in [-0.1, -0.05) is 12.1 Å². The van der Waals surface area contributed by atoms with E-state index in [4.69, 9.17) is 9.47 Å². The first-order chi connectivity index (χ1) is 12.3. The molecule has 1 atom stereocenters. The summed E-state index contributed by atoms with van der Waals surface area (Å²) in [5, 5.41) is 2.82. The highest BCUT2D eigenvalue weighted by Gasteiger charge is 2.17. The van der Waals surface area contributed by atoms with Crippen LogP contribution in [0.4, 0.5) is 5.69 Å². The summed E-state index contributed by atoms with van der Waals surface area (Å²) in [4.78, 5) is 24.3. The third kappa shape index (κ3) is 4.85. The number of benzene rings is 2. The largest absolute Gasteiger partial charge is 0.481 e. The number of rotatable bonds is 6. The lowest BCUT2D eigenvalue weighted by Crippen LogP contribution is -2.30. The molecule has 2 aromatic carbocycles. The fourth-order valence-corrected chi connectivity index (χ4v) is 2.38. The smallest absolute Gasteiger partial charge is 0.338 e. The highest BCUT2D eigenvalue weighted by molar-refractivity contribution is 5.97. The summed E-state index contributed by atoms with van der Waals surface area (Å²) in [7, 11) is 0. The number of anilines is 1. The van der Waals surface area contributed by atoms with Gasteiger partial charge in [-0.15, -0.1) is 0 Å². The van der Waals surface area contributed by atoms with Crippen molar-refractivity contribution in [1.29, 1.82) is 0 Å². The molecule has 1 amide bonds. The number of carbonyl (C=O) groups excluding carboxylic acids is 2. The number of nitrogens with one attached hydrogen (secondary N) is 1. The molecule has 0 radical (unpaired) electrons. The molecule has 0 bridgehead atoms. The molecule has 138 valence electrons. The topological polar surface area (TPSA) is 64.6 Å². The Balaban J connectivity index is 2.09. The van der Waals surface area contributed by atoms with E-state index in [2.05, 4.69) is 5.32 Å². The van der Waals surface area contributed by atoms with Crippen LogP contribution in [-0.2, 0) is 9.53 Å². The van der Waals surface area contributed by atoms with E-state index in [1.807, 2.05) is 39.0 Å². The third-order valence-corrected chi connectivity index (χ3v) is 4.17. The molecule has 5 nitrogen and oxygen atoms in total. The third-order valence-electron chi connectivity index (χ3n) is 4.17. The monoisotopic (exact) mass is 355 g/mol. The first kappa shape index (κ1) is 19.5. The van der Waals surface area contributed by atoms with E-state index in [-0.39, 0.29) is 5.91 Å². The zero-order valence-electron chi connectivity index (χ0n) is 15.9. The van der Waals surface area contributed by atoms with Gasteiger partial charge >= 0.3 is 5.97 Å². The molecule has 5 heteroatoms. The highest BCUT2D eigenvalue weighted by atomic mass is 16.5. The van der Waals surface area contributed by atoms with Gasteiger partial charge in [0, 0.05) is 5.69 Å². The van der Waals surface area contributed by atoms with Crippen molar-refractivity contribution in [3.05, 3.63) is 58.7 Å². The minimum absolute atomic E-state index is 0.285. The predicted octanol–water partition coefficient (Wildman–Crippen LogP) is 4.19. The standard InChI is InChI=1S/C21H25NO4/c1-6-25-21(24)17-9-7-14(3)19(12-17)22-20(23)16(5)26-18-10-8-13(2)15(4)11-18/h7-12,16H,6H2,1-5H3,(H,22,23). The summed E-state index contributed by atoms with van der Waals surface area (Å²) in [5.41, 5.74) is 4.09. The minimum atomic E-state index is -0.678. The molecule has 0 saturated carbocycles. The lowest BCUT2D eigenvalue weighted by atomic mass is 10.1. The summed E-state index contributed by atoms with van der Waals surface area (Å²) in [5.74, 6) is -0.0532. The van der Waals surface area contributed by atoms with Crippen molar-refractivity contribution in [2.75, 3.05) is 11.9 Å². The fourth-order valence-electron chi connectivity index (χ4n) is 2.38. The minimum Gasteiger partial charge on any atom is -0.481 e. The van der Waals surface area contributed by atoms with Gasteiger partial charge in [0.25, 0.3) is 5.91 Å². The van der Waals surface area contributed by atoms with E-state index in [1.165, 1.54) is 5.56 Å². The van der Waals surface area contributed by atoms with E-state index in [1.54, 1.807) is 32.0 Å². The Hall–Kier alpha value is -2.82. The molecular weight excluding hydrogens is 330 g/mol. The summed E-state index contributed by atoms with van der Waals surface area (Å²) in [6, 6.07) is 10.8. The molecule has 2 rings (SSSR count). The molecule has 0 spiro atoms. The van der Waals surface area contributed by atoms with Crippen LogP contribution in [0.25, 0.3) is 0 Å². The van der Waals surface area contributed by atoms with E-state index < -0.39 is 12.1 Å². The average molecular weight is 355 g/mol. The molecule has 0 saturated heterocycles. The van der Waals surface area contributed by atoms with Gasteiger partial charge in [0.1, 0.15) is 5.75 Å². The summed E-state index contributed by atoms with van der Waals surface area (Å²) in [6.07, 6.45) is -0.678. The van der Waals surface area contributed by atoms with Gasteiger partial charge in [-0.25, -0.2) is 4.79 Å².